The highest BCUT2D eigenvalue weighted by molar-refractivity contribution is 6.37. The monoisotopic (exact) mass is 412 g/mol. The van der Waals surface area contributed by atoms with Gasteiger partial charge in [-0.2, -0.15) is 5.10 Å². The molecule has 0 aromatic heterocycles. The molecule has 2 aromatic rings. The molecular formula is C21H18ClFN4O2. The summed E-state index contributed by atoms with van der Waals surface area (Å²) in [6, 6.07) is 11.4. The number of ether oxygens (including phenoxy) is 1. The first-order valence-corrected chi connectivity index (χ1v) is 9.10. The van der Waals surface area contributed by atoms with Gasteiger partial charge < -0.3 is 4.74 Å². The van der Waals surface area contributed by atoms with Gasteiger partial charge in [0, 0.05) is 22.6 Å². The number of benzene rings is 2. The van der Waals surface area contributed by atoms with Crippen molar-refractivity contribution in [3.05, 3.63) is 77.1 Å². The quantitative estimate of drug-likeness (QED) is 0.348. The van der Waals surface area contributed by atoms with Crippen molar-refractivity contribution in [3.8, 4) is 0 Å². The van der Waals surface area contributed by atoms with Crippen LogP contribution in [0.1, 0.15) is 17.5 Å². The molecule has 8 heteroatoms. The number of allylic oxidation sites excluding steroid dienone is 1. The van der Waals surface area contributed by atoms with Crippen LogP contribution in [0, 0.1) is 5.82 Å². The van der Waals surface area contributed by atoms with Gasteiger partial charge in [-0.25, -0.2) is 14.2 Å². The van der Waals surface area contributed by atoms with E-state index in [2.05, 4.69) is 27.1 Å². The summed E-state index contributed by atoms with van der Waals surface area (Å²) in [5, 5.41) is 4.57. The molecule has 0 amide bonds. The van der Waals surface area contributed by atoms with Crippen molar-refractivity contribution >= 4 is 40.5 Å². The molecule has 0 radical (unpaired) electrons. The number of rotatable bonds is 5. The van der Waals surface area contributed by atoms with Crippen molar-refractivity contribution in [3.63, 3.8) is 0 Å². The van der Waals surface area contributed by atoms with Crippen LogP contribution < -0.4 is 5.43 Å². The maximum Gasteiger partial charge on any atom is 0.354 e. The topological polar surface area (TPSA) is 75.4 Å². The SMILES string of the molecule is C=CCC(=NNC1=Nc2ccc(F)cc2C(c2ccccc2Cl)=NC1)C(=O)OC. The van der Waals surface area contributed by atoms with E-state index in [-0.39, 0.29) is 18.7 Å². The molecular weight excluding hydrogens is 395 g/mol. The summed E-state index contributed by atoms with van der Waals surface area (Å²) in [5.74, 6) is -0.605. The number of carbonyl (C=O) groups excluding carboxylic acids is 1. The van der Waals surface area contributed by atoms with Gasteiger partial charge >= 0.3 is 5.97 Å². The van der Waals surface area contributed by atoms with Gasteiger partial charge in [-0.3, -0.25) is 10.4 Å². The fourth-order valence-electron chi connectivity index (χ4n) is 2.72. The number of fused-ring (bicyclic) bond motifs is 1. The van der Waals surface area contributed by atoms with Crippen molar-refractivity contribution in [2.24, 2.45) is 15.1 Å². The Bertz CT molecular complexity index is 1050. The molecule has 0 spiro atoms. The molecule has 148 valence electrons. The number of hydrogen-bond donors (Lipinski definition) is 1. The number of halogens is 2. The van der Waals surface area contributed by atoms with Crippen molar-refractivity contribution in [2.45, 2.75) is 6.42 Å². The second-order valence-electron chi connectivity index (χ2n) is 6.02. The van der Waals surface area contributed by atoms with Gasteiger partial charge in [0.15, 0.2) is 0 Å². The normalized spacial score (nSPS) is 13.6. The third-order valence-corrected chi connectivity index (χ3v) is 4.39. The van der Waals surface area contributed by atoms with E-state index in [0.29, 0.717) is 33.4 Å². The Balaban J connectivity index is 2.01. The van der Waals surface area contributed by atoms with Gasteiger partial charge in [0.25, 0.3) is 0 Å². The zero-order valence-corrected chi connectivity index (χ0v) is 16.4. The third-order valence-electron chi connectivity index (χ3n) is 4.06. The second kappa shape index (κ2) is 9.25. The lowest BCUT2D eigenvalue weighted by atomic mass is 10.0. The van der Waals surface area contributed by atoms with Crippen LogP contribution in [0.4, 0.5) is 10.1 Å². The summed E-state index contributed by atoms with van der Waals surface area (Å²) in [4.78, 5) is 20.9. The molecule has 0 aliphatic carbocycles. The Hall–Kier alpha value is -3.32. The van der Waals surface area contributed by atoms with Crippen molar-refractivity contribution in [2.75, 3.05) is 13.7 Å². The van der Waals surface area contributed by atoms with E-state index in [1.165, 1.54) is 25.3 Å². The average molecular weight is 413 g/mol. The number of hydrogen-bond acceptors (Lipinski definition) is 6. The zero-order valence-electron chi connectivity index (χ0n) is 15.7. The van der Waals surface area contributed by atoms with Gasteiger partial charge in [0.1, 0.15) is 17.4 Å². The molecule has 0 unspecified atom stereocenters. The standard InChI is InChI=1S/C21H18ClFN4O2/c1-3-6-18(21(28)29-2)26-27-19-12-24-20(14-7-4-5-8-16(14)22)15-11-13(23)9-10-17(15)25-19/h3-5,7-11H,1,6,12H2,2H3,(H,25,27). The molecule has 1 aliphatic heterocycles. The van der Waals surface area contributed by atoms with E-state index in [1.807, 2.05) is 18.2 Å². The van der Waals surface area contributed by atoms with Crippen LogP contribution in [-0.4, -0.2) is 36.9 Å². The largest absolute Gasteiger partial charge is 0.464 e. The van der Waals surface area contributed by atoms with Crippen molar-refractivity contribution in [1.29, 1.82) is 0 Å². The van der Waals surface area contributed by atoms with Gasteiger partial charge in [-0.05, 0) is 24.3 Å². The lowest BCUT2D eigenvalue weighted by molar-refractivity contribution is -0.132. The van der Waals surface area contributed by atoms with Gasteiger partial charge in [-0.15, -0.1) is 6.58 Å². The molecule has 0 atom stereocenters. The number of nitrogens with one attached hydrogen (secondary N) is 1. The van der Waals surface area contributed by atoms with E-state index < -0.39 is 11.8 Å². The van der Waals surface area contributed by atoms with Crippen molar-refractivity contribution in [1.82, 2.24) is 5.43 Å². The molecule has 3 rings (SSSR count). The number of hydrazone groups is 1. The number of nitrogens with zero attached hydrogens (tertiary/aromatic N) is 3. The van der Waals surface area contributed by atoms with E-state index in [4.69, 9.17) is 16.3 Å². The highest BCUT2D eigenvalue weighted by Crippen LogP contribution is 2.28. The predicted octanol–water partition coefficient (Wildman–Crippen LogP) is 4.05. The second-order valence-corrected chi connectivity index (χ2v) is 6.43. The van der Waals surface area contributed by atoms with Crippen molar-refractivity contribution < 1.29 is 13.9 Å². The summed E-state index contributed by atoms with van der Waals surface area (Å²) >= 11 is 6.33. The summed E-state index contributed by atoms with van der Waals surface area (Å²) in [6.45, 7) is 3.73. The van der Waals surface area contributed by atoms with Gasteiger partial charge in [-0.1, -0.05) is 35.9 Å². The number of methoxy groups -OCH3 is 1. The first-order valence-electron chi connectivity index (χ1n) is 8.72. The smallest absolute Gasteiger partial charge is 0.354 e. The maximum absolute atomic E-state index is 13.9. The summed E-state index contributed by atoms with van der Waals surface area (Å²) < 4.78 is 18.7. The number of amidine groups is 1. The van der Waals surface area contributed by atoms with E-state index in [1.54, 1.807) is 12.1 Å². The maximum atomic E-state index is 13.9. The van der Waals surface area contributed by atoms with Crippen LogP contribution in [0.2, 0.25) is 5.02 Å². The van der Waals surface area contributed by atoms with Crippen LogP contribution >= 0.6 is 11.6 Å². The first-order chi connectivity index (χ1) is 14.0. The highest BCUT2D eigenvalue weighted by atomic mass is 35.5. The molecule has 0 saturated heterocycles. The number of carbonyl (C=O) groups is 1. The zero-order chi connectivity index (χ0) is 20.8. The molecule has 0 saturated carbocycles. The van der Waals surface area contributed by atoms with Crippen LogP contribution in [0.25, 0.3) is 0 Å². The molecule has 2 aromatic carbocycles. The third kappa shape index (κ3) is 4.75. The Morgan fingerprint density at radius 1 is 1.34 bits per heavy atom. The Morgan fingerprint density at radius 3 is 2.86 bits per heavy atom. The minimum absolute atomic E-state index is 0.128. The average Bonchev–Trinajstić information content (AvgIpc) is 2.90. The fraction of sp³-hybridized carbons (Fsp3) is 0.143. The molecule has 1 heterocycles. The molecule has 1 aliphatic rings. The van der Waals surface area contributed by atoms with E-state index in [9.17, 15) is 9.18 Å². The minimum Gasteiger partial charge on any atom is -0.464 e. The molecule has 0 fully saturated rings. The predicted molar refractivity (Wildman–Crippen MR) is 113 cm³/mol. The molecule has 29 heavy (non-hydrogen) atoms. The molecule has 1 N–H and O–H groups in total. The summed E-state index contributed by atoms with van der Waals surface area (Å²) in [6.07, 6.45) is 1.76. The van der Waals surface area contributed by atoms with Crippen LogP contribution in [0.3, 0.4) is 0 Å². The van der Waals surface area contributed by atoms with Gasteiger partial charge in [0.05, 0.1) is 25.1 Å². The molecule has 0 bridgehead atoms. The summed E-state index contributed by atoms with van der Waals surface area (Å²) in [7, 11) is 1.27. The number of esters is 1. The lowest BCUT2D eigenvalue weighted by Crippen LogP contribution is -2.25. The van der Waals surface area contributed by atoms with Crippen LogP contribution in [0.5, 0.6) is 0 Å². The molecule has 6 nitrogen and oxygen atoms in total. The Morgan fingerprint density at radius 2 is 2.14 bits per heavy atom. The lowest BCUT2D eigenvalue weighted by Gasteiger charge is -2.10. The first kappa shape index (κ1) is 20.4. The van der Waals surface area contributed by atoms with E-state index in [0.717, 1.165) is 0 Å². The summed E-state index contributed by atoms with van der Waals surface area (Å²) in [5.41, 5.74) is 5.11. The number of aliphatic imine (C=N–C) groups is 2. The van der Waals surface area contributed by atoms with E-state index >= 15 is 0 Å². The fourth-order valence-corrected chi connectivity index (χ4v) is 2.95. The minimum atomic E-state index is -0.575. The van der Waals surface area contributed by atoms with Crippen LogP contribution in [0.15, 0.2) is 70.2 Å². The van der Waals surface area contributed by atoms with Gasteiger partial charge in [0.2, 0.25) is 0 Å². The highest BCUT2D eigenvalue weighted by Gasteiger charge is 2.19. The Labute approximate surface area is 172 Å². The Kier molecular flexibility index (Phi) is 6.51. The van der Waals surface area contributed by atoms with Crippen LogP contribution in [-0.2, 0) is 9.53 Å².